The van der Waals surface area contributed by atoms with Gasteiger partial charge < -0.3 is 19.7 Å². The van der Waals surface area contributed by atoms with Crippen LogP contribution in [0.5, 0.6) is 0 Å². The van der Waals surface area contributed by atoms with Crippen LogP contribution >= 0.6 is 0 Å². The Kier molecular flexibility index (Phi) is 5.32. The van der Waals surface area contributed by atoms with Gasteiger partial charge in [0.2, 0.25) is 0 Å². The molecule has 9 heteroatoms. The summed E-state index contributed by atoms with van der Waals surface area (Å²) in [6, 6.07) is 0.154. The van der Waals surface area contributed by atoms with E-state index in [1.54, 1.807) is 20.6 Å². The predicted octanol–water partition coefficient (Wildman–Crippen LogP) is 1.16. The standard InChI is InChI=1S/C21H30N6O3/c1-29-17-7-13-16(8-18(17)30-2)23-11-24-20(13)27-6-5-15-14(10-27)19(26-25-15)21(28)22-9-12-3-4-12/h11-13,16-18H,3-10H2,1-2H3,(H,22,28)(H,25,26). The zero-order chi connectivity index (χ0) is 20.7. The van der Waals surface area contributed by atoms with Crippen molar-refractivity contribution in [3.63, 3.8) is 0 Å². The molecule has 30 heavy (non-hydrogen) atoms. The van der Waals surface area contributed by atoms with Crippen molar-refractivity contribution in [2.24, 2.45) is 21.8 Å². The fourth-order valence-corrected chi connectivity index (χ4v) is 4.96. The molecular formula is C21H30N6O3. The summed E-state index contributed by atoms with van der Waals surface area (Å²) in [7, 11) is 3.48. The topological polar surface area (TPSA) is 104 Å². The molecule has 2 aliphatic carbocycles. The molecular weight excluding hydrogens is 384 g/mol. The number of methoxy groups -OCH3 is 2. The average Bonchev–Trinajstić information content (AvgIpc) is 3.52. The van der Waals surface area contributed by atoms with E-state index < -0.39 is 0 Å². The van der Waals surface area contributed by atoms with E-state index in [1.165, 1.54) is 12.8 Å². The van der Waals surface area contributed by atoms with Crippen LogP contribution in [0.1, 0.15) is 47.4 Å². The minimum Gasteiger partial charge on any atom is -0.379 e. The molecule has 9 nitrogen and oxygen atoms in total. The Hall–Kier alpha value is -2.26. The second kappa shape index (κ2) is 8.11. The highest BCUT2D eigenvalue weighted by molar-refractivity contribution is 5.95. The Morgan fingerprint density at radius 3 is 2.83 bits per heavy atom. The lowest BCUT2D eigenvalue weighted by atomic mass is 9.79. The number of carbonyl (C=O) groups excluding carboxylic acids is 1. The summed E-state index contributed by atoms with van der Waals surface area (Å²) in [4.78, 5) is 24.3. The first-order chi connectivity index (χ1) is 14.7. The number of amidine groups is 1. The SMILES string of the molecule is COC1CC2N=CN=C(N3CCc4[nH]nc(C(=O)NCC5CC5)c4C3)C2CC1OC. The first-order valence-corrected chi connectivity index (χ1v) is 10.9. The number of nitrogens with zero attached hydrogens (tertiary/aromatic N) is 4. The minimum absolute atomic E-state index is 0.0350. The van der Waals surface area contributed by atoms with E-state index in [1.807, 2.05) is 0 Å². The first-order valence-electron chi connectivity index (χ1n) is 10.9. The molecule has 4 unspecified atom stereocenters. The lowest BCUT2D eigenvalue weighted by molar-refractivity contribution is -0.0692. The van der Waals surface area contributed by atoms with Gasteiger partial charge in [0.1, 0.15) is 12.2 Å². The number of hydrogen-bond donors (Lipinski definition) is 2. The van der Waals surface area contributed by atoms with Crippen molar-refractivity contribution in [2.45, 2.75) is 56.9 Å². The Balaban J connectivity index is 1.33. The lowest BCUT2D eigenvalue weighted by Gasteiger charge is -2.43. The van der Waals surface area contributed by atoms with Crippen LogP contribution in [0.25, 0.3) is 0 Å². The Bertz CT molecular complexity index is 861. The molecule has 2 saturated carbocycles. The third-order valence-electron chi connectivity index (χ3n) is 6.95. The third-order valence-corrected chi connectivity index (χ3v) is 6.95. The molecule has 0 aromatic carbocycles. The van der Waals surface area contributed by atoms with E-state index in [0.717, 1.165) is 49.4 Å². The van der Waals surface area contributed by atoms with Crippen LogP contribution in [0.15, 0.2) is 9.98 Å². The predicted molar refractivity (Wildman–Crippen MR) is 112 cm³/mol. The van der Waals surface area contributed by atoms with Gasteiger partial charge in [0.25, 0.3) is 5.91 Å². The van der Waals surface area contributed by atoms with Crippen LogP contribution in [-0.4, -0.2) is 78.7 Å². The highest BCUT2D eigenvalue weighted by atomic mass is 16.5. The Labute approximate surface area is 176 Å². The molecule has 162 valence electrons. The summed E-state index contributed by atoms with van der Waals surface area (Å²) >= 11 is 0. The number of aromatic nitrogens is 2. The second-order valence-corrected chi connectivity index (χ2v) is 8.80. The van der Waals surface area contributed by atoms with Gasteiger partial charge in [0, 0.05) is 57.4 Å². The first kappa shape index (κ1) is 19.7. The van der Waals surface area contributed by atoms with Gasteiger partial charge >= 0.3 is 0 Å². The molecule has 0 spiro atoms. The molecule has 2 N–H and O–H groups in total. The Morgan fingerprint density at radius 2 is 2.07 bits per heavy atom. The van der Waals surface area contributed by atoms with Crippen molar-refractivity contribution in [3.05, 3.63) is 17.0 Å². The lowest BCUT2D eigenvalue weighted by Crippen LogP contribution is -2.51. The molecule has 3 heterocycles. The Morgan fingerprint density at radius 1 is 1.27 bits per heavy atom. The summed E-state index contributed by atoms with van der Waals surface area (Å²) in [5.74, 6) is 1.81. The fourth-order valence-electron chi connectivity index (χ4n) is 4.96. The van der Waals surface area contributed by atoms with Crippen LogP contribution in [0.3, 0.4) is 0 Å². The van der Waals surface area contributed by atoms with Gasteiger partial charge in [-0.25, -0.2) is 4.99 Å². The smallest absolute Gasteiger partial charge is 0.272 e. The molecule has 1 aromatic rings. The van der Waals surface area contributed by atoms with Crippen LogP contribution in [-0.2, 0) is 22.4 Å². The van der Waals surface area contributed by atoms with Gasteiger partial charge in [-0.05, 0) is 31.6 Å². The normalized spacial score (nSPS) is 30.5. The van der Waals surface area contributed by atoms with Crippen LogP contribution in [0, 0.1) is 11.8 Å². The van der Waals surface area contributed by atoms with E-state index >= 15 is 0 Å². The number of H-pyrrole nitrogens is 1. The van der Waals surface area contributed by atoms with Crippen LogP contribution in [0.2, 0.25) is 0 Å². The molecule has 0 bridgehead atoms. The van der Waals surface area contributed by atoms with Crippen molar-refractivity contribution in [3.8, 4) is 0 Å². The highest BCUT2D eigenvalue weighted by Gasteiger charge is 2.43. The highest BCUT2D eigenvalue weighted by Crippen LogP contribution is 2.35. The largest absolute Gasteiger partial charge is 0.379 e. The number of rotatable bonds is 5. The maximum atomic E-state index is 12.7. The molecule has 2 fully saturated rings. The van der Waals surface area contributed by atoms with Gasteiger partial charge in [-0.15, -0.1) is 0 Å². The summed E-state index contributed by atoms with van der Waals surface area (Å²) in [6.45, 7) is 2.23. The maximum Gasteiger partial charge on any atom is 0.272 e. The average molecular weight is 415 g/mol. The minimum atomic E-state index is -0.0775. The summed E-state index contributed by atoms with van der Waals surface area (Å²) in [5, 5.41) is 10.5. The molecule has 0 saturated heterocycles. The molecule has 2 aliphatic heterocycles. The van der Waals surface area contributed by atoms with E-state index in [2.05, 4.69) is 30.4 Å². The molecule has 0 radical (unpaired) electrons. The van der Waals surface area contributed by atoms with E-state index in [-0.39, 0.29) is 30.1 Å². The van der Waals surface area contributed by atoms with Crippen molar-refractivity contribution in [2.75, 3.05) is 27.3 Å². The number of nitrogens with one attached hydrogen (secondary N) is 2. The van der Waals surface area contributed by atoms with Crippen LogP contribution in [0.4, 0.5) is 0 Å². The summed E-state index contributed by atoms with van der Waals surface area (Å²) in [5.41, 5.74) is 2.57. The summed E-state index contributed by atoms with van der Waals surface area (Å²) in [6.07, 6.45) is 6.68. The fraction of sp³-hybridized carbons (Fsp3) is 0.714. The van der Waals surface area contributed by atoms with E-state index in [4.69, 9.17) is 9.47 Å². The van der Waals surface area contributed by atoms with Gasteiger partial charge in [-0.3, -0.25) is 14.9 Å². The number of carbonyl (C=O) groups is 1. The van der Waals surface area contributed by atoms with Crippen molar-refractivity contribution < 1.29 is 14.3 Å². The van der Waals surface area contributed by atoms with Crippen LogP contribution < -0.4 is 5.32 Å². The number of aromatic amines is 1. The molecule has 4 atom stereocenters. The number of aliphatic imine (C=N–C) groups is 2. The zero-order valence-corrected chi connectivity index (χ0v) is 17.6. The van der Waals surface area contributed by atoms with Gasteiger partial charge in [0.05, 0.1) is 18.2 Å². The number of ether oxygens (including phenoxy) is 2. The third kappa shape index (κ3) is 3.65. The van der Waals surface area contributed by atoms with Gasteiger partial charge in [-0.1, -0.05) is 0 Å². The van der Waals surface area contributed by atoms with Gasteiger partial charge in [-0.2, -0.15) is 5.10 Å². The molecule has 1 amide bonds. The van der Waals surface area contributed by atoms with Gasteiger partial charge in [0.15, 0.2) is 5.69 Å². The van der Waals surface area contributed by atoms with E-state index in [0.29, 0.717) is 18.2 Å². The second-order valence-electron chi connectivity index (χ2n) is 8.80. The quantitative estimate of drug-likeness (QED) is 0.752. The summed E-state index contributed by atoms with van der Waals surface area (Å²) < 4.78 is 11.3. The van der Waals surface area contributed by atoms with E-state index in [9.17, 15) is 4.79 Å². The molecule has 1 aromatic heterocycles. The molecule has 5 rings (SSSR count). The number of fused-ring (bicyclic) bond motifs is 2. The maximum absolute atomic E-state index is 12.7. The molecule has 4 aliphatic rings. The van der Waals surface area contributed by atoms with Crippen molar-refractivity contribution in [1.29, 1.82) is 0 Å². The van der Waals surface area contributed by atoms with Crippen molar-refractivity contribution >= 4 is 18.1 Å². The zero-order valence-electron chi connectivity index (χ0n) is 17.6. The number of hydrogen-bond acceptors (Lipinski definition) is 7. The number of amides is 1. The van der Waals surface area contributed by atoms with Crippen molar-refractivity contribution in [1.82, 2.24) is 20.4 Å². The monoisotopic (exact) mass is 414 g/mol.